The Morgan fingerprint density at radius 3 is 2.30 bits per heavy atom. The van der Waals surface area contributed by atoms with Gasteiger partial charge in [0.25, 0.3) is 0 Å². The van der Waals surface area contributed by atoms with Crippen LogP contribution in [0.25, 0.3) is 10.9 Å². The van der Waals surface area contributed by atoms with Crippen molar-refractivity contribution in [2.45, 2.75) is 49.8 Å². The third-order valence-electron chi connectivity index (χ3n) is 7.00. The summed E-state index contributed by atoms with van der Waals surface area (Å²) in [6, 6.07) is 11.9. The second kappa shape index (κ2) is 10.0. The van der Waals surface area contributed by atoms with Crippen LogP contribution in [0.4, 0.5) is 13.2 Å². The Balaban J connectivity index is 1.50. The number of carbonyl (C=O) groups excluding carboxylic acids is 1. The SMILES string of the molecule is O=C(c1ccc(Cl)cc1)c1ccc2c(c1)c(C1CCN(S(=O)(=O)C(F)(F)F)CC1)nn2C1CCCCO1. The number of ether oxygens (including phenoxy) is 1. The van der Waals surface area contributed by atoms with Crippen LogP contribution < -0.4 is 0 Å². The summed E-state index contributed by atoms with van der Waals surface area (Å²) in [5.74, 6) is -0.467. The van der Waals surface area contributed by atoms with E-state index >= 15 is 0 Å². The lowest BCUT2D eigenvalue weighted by molar-refractivity contribution is -0.0495. The summed E-state index contributed by atoms with van der Waals surface area (Å²) in [5.41, 5.74) is -3.02. The maximum Gasteiger partial charge on any atom is 0.511 e. The summed E-state index contributed by atoms with van der Waals surface area (Å²) < 4.78 is 71.1. The molecule has 2 saturated heterocycles. The first kappa shape index (κ1) is 26.1. The topological polar surface area (TPSA) is 81.5 Å². The third-order valence-corrected chi connectivity index (χ3v) is 8.89. The maximum atomic E-state index is 13.2. The van der Waals surface area contributed by atoms with Gasteiger partial charge in [-0.25, -0.2) is 13.1 Å². The lowest BCUT2D eigenvalue weighted by Gasteiger charge is -2.31. The van der Waals surface area contributed by atoms with Gasteiger partial charge in [-0.2, -0.15) is 22.6 Å². The number of rotatable bonds is 5. The van der Waals surface area contributed by atoms with Gasteiger partial charge in [-0.05, 0) is 74.6 Å². The first-order valence-electron chi connectivity index (χ1n) is 12.1. The first-order chi connectivity index (χ1) is 17.6. The van der Waals surface area contributed by atoms with Crippen molar-refractivity contribution in [1.82, 2.24) is 14.1 Å². The average molecular weight is 556 g/mol. The van der Waals surface area contributed by atoms with Crippen molar-refractivity contribution >= 4 is 38.3 Å². The van der Waals surface area contributed by atoms with Gasteiger partial charge in [-0.15, -0.1) is 0 Å². The minimum Gasteiger partial charge on any atom is -0.356 e. The van der Waals surface area contributed by atoms with Gasteiger partial charge in [-0.1, -0.05) is 11.6 Å². The number of ketones is 1. The van der Waals surface area contributed by atoms with Gasteiger partial charge < -0.3 is 4.74 Å². The summed E-state index contributed by atoms with van der Waals surface area (Å²) in [7, 11) is -5.38. The summed E-state index contributed by atoms with van der Waals surface area (Å²) in [5, 5.41) is 6.06. The van der Waals surface area contributed by atoms with Gasteiger partial charge >= 0.3 is 15.5 Å². The molecular weight excluding hydrogens is 531 g/mol. The highest BCUT2D eigenvalue weighted by atomic mass is 35.5. The number of aromatic nitrogens is 2. The molecule has 5 rings (SSSR count). The lowest BCUT2D eigenvalue weighted by atomic mass is 9.91. The van der Waals surface area contributed by atoms with Crippen molar-refractivity contribution < 1.29 is 31.1 Å². The van der Waals surface area contributed by atoms with Crippen LogP contribution in [0.15, 0.2) is 42.5 Å². The van der Waals surface area contributed by atoms with Crippen molar-refractivity contribution in [3.05, 3.63) is 64.3 Å². The molecule has 7 nitrogen and oxygen atoms in total. The molecule has 0 spiro atoms. The van der Waals surface area contributed by atoms with Crippen LogP contribution in [-0.4, -0.2) is 53.5 Å². The number of carbonyl (C=O) groups is 1. The summed E-state index contributed by atoms with van der Waals surface area (Å²) in [6.45, 7) is 0.0799. The Morgan fingerprint density at radius 1 is 1.00 bits per heavy atom. The number of fused-ring (bicyclic) bond motifs is 1. The van der Waals surface area contributed by atoms with Crippen molar-refractivity contribution in [2.24, 2.45) is 0 Å². The highest BCUT2D eigenvalue weighted by Crippen LogP contribution is 2.38. The molecule has 0 radical (unpaired) electrons. The molecule has 1 unspecified atom stereocenters. The Bertz CT molecular complexity index is 1410. The largest absolute Gasteiger partial charge is 0.511 e. The summed E-state index contributed by atoms with van der Waals surface area (Å²) >= 11 is 5.95. The van der Waals surface area contributed by atoms with Gasteiger partial charge in [-0.3, -0.25) is 4.79 Å². The highest BCUT2D eigenvalue weighted by molar-refractivity contribution is 7.90. The minimum atomic E-state index is -5.38. The Morgan fingerprint density at radius 2 is 1.68 bits per heavy atom. The Kier molecular flexibility index (Phi) is 7.08. The maximum absolute atomic E-state index is 13.2. The van der Waals surface area contributed by atoms with E-state index in [1.54, 1.807) is 41.1 Å². The van der Waals surface area contributed by atoms with Crippen LogP contribution in [0, 0.1) is 0 Å². The Labute approximate surface area is 217 Å². The fraction of sp³-hybridized carbons (Fsp3) is 0.440. The molecule has 3 aromatic rings. The van der Waals surface area contributed by atoms with Crippen LogP contribution in [0.1, 0.15) is 65.9 Å². The normalized spacial score (nSPS) is 20.4. The lowest BCUT2D eigenvalue weighted by Crippen LogP contribution is -2.44. The van der Waals surface area contributed by atoms with Crippen molar-refractivity contribution in [2.75, 3.05) is 19.7 Å². The molecule has 2 aromatic carbocycles. The zero-order valence-electron chi connectivity index (χ0n) is 19.7. The second-order valence-electron chi connectivity index (χ2n) is 9.34. The molecule has 0 saturated carbocycles. The number of halogens is 4. The number of hydrogen-bond acceptors (Lipinski definition) is 5. The smallest absolute Gasteiger partial charge is 0.356 e. The summed E-state index contributed by atoms with van der Waals surface area (Å²) in [6.07, 6.45) is 2.78. The van der Waals surface area contributed by atoms with Gasteiger partial charge in [0.2, 0.25) is 0 Å². The minimum absolute atomic E-state index is 0.183. The molecule has 3 heterocycles. The van der Waals surface area contributed by atoms with Crippen LogP contribution in [0.2, 0.25) is 5.02 Å². The number of benzene rings is 2. The van der Waals surface area contributed by atoms with Crippen LogP contribution in [0.3, 0.4) is 0 Å². The van der Waals surface area contributed by atoms with Gasteiger partial charge in [0, 0.05) is 47.2 Å². The van der Waals surface area contributed by atoms with E-state index in [2.05, 4.69) is 0 Å². The van der Waals surface area contributed by atoms with E-state index in [1.807, 2.05) is 6.07 Å². The second-order valence-corrected chi connectivity index (χ2v) is 11.7. The van der Waals surface area contributed by atoms with Crippen molar-refractivity contribution in [3.63, 3.8) is 0 Å². The van der Waals surface area contributed by atoms with Gasteiger partial charge in [0.05, 0.1) is 11.2 Å². The highest BCUT2D eigenvalue weighted by Gasteiger charge is 2.50. The van der Waals surface area contributed by atoms with Crippen LogP contribution in [0.5, 0.6) is 0 Å². The molecule has 1 aromatic heterocycles. The van der Waals surface area contributed by atoms with E-state index in [0.29, 0.717) is 38.1 Å². The van der Waals surface area contributed by atoms with E-state index in [1.165, 1.54) is 0 Å². The molecule has 37 heavy (non-hydrogen) atoms. The number of alkyl halides is 3. The number of hydrogen-bond donors (Lipinski definition) is 0. The van der Waals surface area contributed by atoms with E-state index in [-0.39, 0.29) is 43.9 Å². The van der Waals surface area contributed by atoms with Crippen molar-refractivity contribution in [1.29, 1.82) is 0 Å². The molecule has 0 bridgehead atoms. The van der Waals surface area contributed by atoms with Crippen LogP contribution >= 0.6 is 11.6 Å². The number of piperidine rings is 1. The van der Waals surface area contributed by atoms with Crippen molar-refractivity contribution in [3.8, 4) is 0 Å². The van der Waals surface area contributed by atoms with E-state index in [9.17, 15) is 26.4 Å². The molecule has 2 aliphatic heterocycles. The molecule has 198 valence electrons. The average Bonchev–Trinajstić information content (AvgIpc) is 3.27. The quantitative estimate of drug-likeness (QED) is 0.380. The molecule has 2 fully saturated rings. The fourth-order valence-corrected chi connectivity index (χ4v) is 6.14. The van der Waals surface area contributed by atoms with Gasteiger partial charge in [0.1, 0.15) is 0 Å². The molecule has 1 atom stereocenters. The molecule has 0 N–H and O–H groups in total. The monoisotopic (exact) mass is 555 g/mol. The Hall–Kier alpha value is -2.47. The molecule has 0 amide bonds. The zero-order chi connectivity index (χ0) is 26.4. The molecule has 0 aliphatic carbocycles. The van der Waals surface area contributed by atoms with E-state index in [0.717, 1.165) is 24.8 Å². The molecule has 12 heteroatoms. The first-order valence-corrected chi connectivity index (χ1v) is 13.9. The summed E-state index contributed by atoms with van der Waals surface area (Å²) in [4.78, 5) is 13.2. The zero-order valence-corrected chi connectivity index (χ0v) is 21.3. The molecule has 2 aliphatic rings. The number of nitrogens with zero attached hydrogens (tertiary/aromatic N) is 3. The van der Waals surface area contributed by atoms with E-state index in [4.69, 9.17) is 21.4 Å². The fourth-order valence-electron chi connectivity index (χ4n) is 5.03. The number of sulfonamides is 1. The van der Waals surface area contributed by atoms with E-state index < -0.39 is 15.5 Å². The molecular formula is C25H25ClF3N3O4S. The predicted octanol–water partition coefficient (Wildman–Crippen LogP) is 5.65. The third kappa shape index (κ3) is 5.01. The predicted molar refractivity (Wildman–Crippen MR) is 132 cm³/mol. The van der Waals surface area contributed by atoms with Crippen LogP contribution in [-0.2, 0) is 14.8 Å². The van der Waals surface area contributed by atoms with Gasteiger partial charge in [0.15, 0.2) is 12.0 Å². The standard InChI is InChI=1S/C25H25ClF3N3O4S/c26-19-7-4-17(5-8-19)24(33)18-6-9-21-20(15-18)23(30-32(21)22-3-1-2-14-36-22)16-10-12-31(13-11-16)37(34,35)25(27,28)29/h4-9,15-16,22H,1-3,10-14H2.